The Kier molecular flexibility index (Phi) is 5.86. The number of aromatic nitrogens is 4. The number of hydrogen-bond donors (Lipinski definition) is 1. The molecule has 158 valence electrons. The van der Waals surface area contributed by atoms with Gasteiger partial charge in [0.1, 0.15) is 23.7 Å². The molecular formula is C20H24N6O4. The van der Waals surface area contributed by atoms with Gasteiger partial charge in [0.15, 0.2) is 0 Å². The molecule has 1 atom stereocenters. The lowest BCUT2D eigenvalue weighted by Gasteiger charge is -2.13. The third-order valence-electron chi connectivity index (χ3n) is 4.96. The van der Waals surface area contributed by atoms with Crippen molar-refractivity contribution in [3.05, 3.63) is 63.2 Å². The van der Waals surface area contributed by atoms with Crippen LogP contribution in [-0.4, -0.2) is 37.5 Å². The third kappa shape index (κ3) is 4.17. The Hall–Kier alpha value is -3.69. The second-order valence-corrected chi connectivity index (χ2v) is 7.06. The van der Waals surface area contributed by atoms with Gasteiger partial charge in [0.2, 0.25) is 5.91 Å². The fourth-order valence-electron chi connectivity index (χ4n) is 3.17. The lowest BCUT2D eigenvalue weighted by molar-refractivity contribution is -0.385. The summed E-state index contributed by atoms with van der Waals surface area (Å²) < 4.78 is 8.37. The molecule has 0 spiro atoms. The van der Waals surface area contributed by atoms with Crippen molar-refractivity contribution < 1.29 is 14.5 Å². The lowest BCUT2D eigenvalue weighted by atomic mass is 10.2. The molecule has 0 fully saturated rings. The number of nitrogens with zero attached hydrogens (tertiary/aromatic N) is 5. The average molecular weight is 412 g/mol. The normalized spacial score (nSPS) is 11.9. The van der Waals surface area contributed by atoms with Crippen LogP contribution >= 0.6 is 0 Å². The first-order chi connectivity index (χ1) is 14.2. The van der Waals surface area contributed by atoms with Crippen LogP contribution < -0.4 is 10.1 Å². The van der Waals surface area contributed by atoms with Crippen molar-refractivity contribution in [2.24, 2.45) is 0 Å². The van der Waals surface area contributed by atoms with Crippen molar-refractivity contribution >= 4 is 17.3 Å². The monoisotopic (exact) mass is 412 g/mol. The highest BCUT2D eigenvalue weighted by Crippen LogP contribution is 2.24. The third-order valence-corrected chi connectivity index (χ3v) is 4.96. The van der Waals surface area contributed by atoms with Gasteiger partial charge in [-0.3, -0.25) is 24.3 Å². The van der Waals surface area contributed by atoms with E-state index in [9.17, 15) is 14.9 Å². The average Bonchev–Trinajstić information content (AvgIpc) is 3.22. The molecule has 1 unspecified atom stereocenters. The maximum atomic E-state index is 12.8. The molecule has 10 nitrogen and oxygen atoms in total. The predicted molar refractivity (Wildman–Crippen MR) is 111 cm³/mol. The number of aryl methyl sites for hydroxylation is 2. The molecule has 10 heteroatoms. The molecule has 30 heavy (non-hydrogen) atoms. The zero-order valence-corrected chi connectivity index (χ0v) is 17.5. The number of ether oxygens (including phenoxy) is 1. The molecule has 1 amide bonds. The standard InChI is InChI=1S/C20H24N6O4/c1-12-18(26(28)29)11-25(22-12)15(4)20(27)21-19-13(2)23-24(14(19)3)10-16-7-6-8-17(9-16)30-5/h6-9,11,15H,10H2,1-5H3,(H,21,27). The summed E-state index contributed by atoms with van der Waals surface area (Å²) in [4.78, 5) is 23.3. The number of anilines is 1. The molecule has 0 bridgehead atoms. The minimum absolute atomic E-state index is 0.117. The summed E-state index contributed by atoms with van der Waals surface area (Å²) in [5.74, 6) is 0.430. The predicted octanol–water partition coefficient (Wildman–Crippen LogP) is 3.17. The molecule has 0 saturated heterocycles. The van der Waals surface area contributed by atoms with E-state index in [1.165, 1.54) is 17.8 Å². The zero-order valence-electron chi connectivity index (χ0n) is 17.5. The number of nitrogens with one attached hydrogen (secondary N) is 1. The Morgan fingerprint density at radius 1 is 1.27 bits per heavy atom. The Labute approximate surface area is 173 Å². The maximum Gasteiger partial charge on any atom is 0.309 e. The van der Waals surface area contributed by atoms with E-state index < -0.39 is 11.0 Å². The lowest BCUT2D eigenvalue weighted by Crippen LogP contribution is -2.24. The highest BCUT2D eigenvalue weighted by molar-refractivity contribution is 5.94. The Balaban J connectivity index is 1.78. The van der Waals surface area contributed by atoms with Crippen LogP contribution in [0.5, 0.6) is 5.75 Å². The number of hydrogen-bond acceptors (Lipinski definition) is 6. The molecular weight excluding hydrogens is 388 g/mol. The van der Waals surface area contributed by atoms with E-state index in [0.29, 0.717) is 17.9 Å². The van der Waals surface area contributed by atoms with Crippen LogP contribution in [0.2, 0.25) is 0 Å². The Morgan fingerprint density at radius 2 is 2.00 bits per heavy atom. The summed E-state index contributed by atoms with van der Waals surface area (Å²) in [6.45, 7) is 7.40. The van der Waals surface area contributed by atoms with Crippen LogP contribution in [0.15, 0.2) is 30.5 Å². The van der Waals surface area contributed by atoms with Crippen LogP contribution in [0.1, 0.15) is 35.6 Å². The number of amides is 1. The fraction of sp³-hybridized carbons (Fsp3) is 0.350. The summed E-state index contributed by atoms with van der Waals surface area (Å²) >= 11 is 0. The summed E-state index contributed by atoms with van der Waals surface area (Å²) in [6.07, 6.45) is 1.27. The molecule has 0 saturated carbocycles. The van der Waals surface area contributed by atoms with Gasteiger partial charge in [-0.2, -0.15) is 10.2 Å². The number of methoxy groups -OCH3 is 1. The Bertz CT molecular complexity index is 1100. The number of carbonyl (C=O) groups excluding carboxylic acids is 1. The van der Waals surface area contributed by atoms with E-state index in [1.54, 1.807) is 14.0 Å². The van der Waals surface area contributed by atoms with E-state index in [1.807, 2.05) is 42.8 Å². The van der Waals surface area contributed by atoms with Crippen molar-refractivity contribution in [3.63, 3.8) is 0 Å². The number of carbonyl (C=O) groups is 1. The van der Waals surface area contributed by atoms with Gasteiger partial charge in [-0.25, -0.2) is 0 Å². The van der Waals surface area contributed by atoms with Gasteiger partial charge in [0.25, 0.3) is 0 Å². The first-order valence-electron chi connectivity index (χ1n) is 9.39. The molecule has 0 radical (unpaired) electrons. The molecule has 1 N–H and O–H groups in total. The SMILES string of the molecule is COc1cccc(Cn2nc(C)c(NC(=O)C(C)n3cc([N+](=O)[O-])c(C)n3)c2C)c1. The summed E-state index contributed by atoms with van der Waals surface area (Å²) in [6, 6.07) is 6.97. The van der Waals surface area contributed by atoms with Crippen LogP contribution in [0.4, 0.5) is 11.4 Å². The topological polar surface area (TPSA) is 117 Å². The van der Waals surface area contributed by atoms with Gasteiger partial charge in [-0.1, -0.05) is 12.1 Å². The van der Waals surface area contributed by atoms with E-state index in [-0.39, 0.29) is 17.3 Å². The van der Waals surface area contributed by atoms with Crippen LogP contribution in [-0.2, 0) is 11.3 Å². The summed E-state index contributed by atoms with van der Waals surface area (Å²) in [7, 11) is 1.62. The van der Waals surface area contributed by atoms with Gasteiger partial charge < -0.3 is 10.1 Å². The molecule has 2 heterocycles. The Morgan fingerprint density at radius 3 is 2.63 bits per heavy atom. The molecule has 3 aromatic rings. The van der Waals surface area contributed by atoms with E-state index in [4.69, 9.17) is 4.74 Å². The van der Waals surface area contributed by atoms with Crippen molar-refractivity contribution in [1.82, 2.24) is 19.6 Å². The van der Waals surface area contributed by atoms with Crippen molar-refractivity contribution in [3.8, 4) is 5.75 Å². The largest absolute Gasteiger partial charge is 0.497 e. The molecule has 1 aromatic carbocycles. The van der Waals surface area contributed by atoms with Gasteiger partial charge in [0, 0.05) is 0 Å². The van der Waals surface area contributed by atoms with Crippen LogP contribution in [0, 0.1) is 30.9 Å². The second-order valence-electron chi connectivity index (χ2n) is 7.06. The molecule has 0 aliphatic carbocycles. The number of benzene rings is 1. The number of nitro groups is 1. The summed E-state index contributed by atoms with van der Waals surface area (Å²) in [5.41, 5.74) is 3.27. The fourth-order valence-corrected chi connectivity index (χ4v) is 3.17. The minimum atomic E-state index is -0.724. The highest BCUT2D eigenvalue weighted by atomic mass is 16.6. The van der Waals surface area contributed by atoms with Gasteiger partial charge in [0.05, 0.1) is 35.7 Å². The van der Waals surface area contributed by atoms with E-state index in [2.05, 4.69) is 15.5 Å². The van der Waals surface area contributed by atoms with Crippen molar-refractivity contribution in [2.75, 3.05) is 12.4 Å². The molecule has 3 rings (SSSR count). The zero-order chi connectivity index (χ0) is 22.0. The smallest absolute Gasteiger partial charge is 0.309 e. The first-order valence-corrected chi connectivity index (χ1v) is 9.39. The van der Waals surface area contributed by atoms with Gasteiger partial charge in [-0.05, 0) is 45.4 Å². The van der Waals surface area contributed by atoms with E-state index in [0.717, 1.165) is 17.0 Å². The van der Waals surface area contributed by atoms with Crippen molar-refractivity contribution in [2.45, 2.75) is 40.3 Å². The maximum absolute atomic E-state index is 12.8. The second kappa shape index (κ2) is 8.36. The van der Waals surface area contributed by atoms with Gasteiger partial charge >= 0.3 is 5.69 Å². The van der Waals surface area contributed by atoms with Crippen LogP contribution in [0.25, 0.3) is 0 Å². The number of rotatable bonds is 7. The summed E-state index contributed by atoms with van der Waals surface area (Å²) in [5, 5.41) is 22.6. The molecule has 2 aromatic heterocycles. The van der Waals surface area contributed by atoms with Crippen LogP contribution in [0.3, 0.4) is 0 Å². The molecule has 0 aliphatic rings. The first kappa shape index (κ1) is 21.0. The highest BCUT2D eigenvalue weighted by Gasteiger charge is 2.24. The van der Waals surface area contributed by atoms with E-state index >= 15 is 0 Å². The van der Waals surface area contributed by atoms with Crippen molar-refractivity contribution in [1.29, 1.82) is 0 Å². The quantitative estimate of drug-likeness (QED) is 0.470. The molecule has 0 aliphatic heterocycles. The minimum Gasteiger partial charge on any atom is -0.497 e. The van der Waals surface area contributed by atoms with Gasteiger partial charge in [-0.15, -0.1) is 0 Å².